The van der Waals surface area contributed by atoms with Gasteiger partial charge in [0, 0.05) is 12.1 Å². The lowest BCUT2D eigenvalue weighted by Gasteiger charge is -2.05. The molecule has 1 N–H and O–H groups in total. The van der Waals surface area contributed by atoms with Crippen LogP contribution in [0.5, 0.6) is 0 Å². The molecule has 0 aliphatic heterocycles. The maximum atomic E-state index is 13.3. The van der Waals surface area contributed by atoms with E-state index in [1.54, 1.807) is 16.5 Å². The molecule has 1 saturated carbocycles. The third-order valence-electron chi connectivity index (χ3n) is 4.82. The van der Waals surface area contributed by atoms with Crippen LogP contribution in [0.1, 0.15) is 36.0 Å². The van der Waals surface area contributed by atoms with E-state index in [0.29, 0.717) is 34.4 Å². The van der Waals surface area contributed by atoms with Gasteiger partial charge in [-0.25, -0.2) is 4.39 Å². The quantitative estimate of drug-likeness (QED) is 0.542. The molecule has 0 spiro atoms. The molecule has 4 aromatic rings. The molecule has 3 heterocycles. The predicted octanol–water partition coefficient (Wildman–Crippen LogP) is 2.65. The Kier molecular flexibility index (Phi) is 4.27. The minimum absolute atomic E-state index is 0.0890. The normalized spacial score (nSPS) is 13.7. The monoisotopic (exact) mass is 392 g/mol. The highest BCUT2D eigenvalue weighted by molar-refractivity contribution is 5.78. The lowest BCUT2D eigenvalue weighted by atomic mass is 10.1. The maximum Gasteiger partial charge on any atom is 0.261 e. The van der Waals surface area contributed by atoms with Gasteiger partial charge in [0.1, 0.15) is 5.82 Å². The first-order valence-electron chi connectivity index (χ1n) is 9.35. The van der Waals surface area contributed by atoms with E-state index in [4.69, 9.17) is 4.52 Å². The minimum Gasteiger partial charge on any atom is -0.348 e. The summed E-state index contributed by atoms with van der Waals surface area (Å²) in [6.07, 6.45) is 4.08. The van der Waals surface area contributed by atoms with Crippen molar-refractivity contribution in [1.82, 2.24) is 30.1 Å². The molecule has 3 aromatic heterocycles. The predicted molar refractivity (Wildman–Crippen MR) is 100 cm³/mol. The Morgan fingerprint density at radius 1 is 1.24 bits per heavy atom. The number of amides is 1. The number of carbonyl (C=O) groups excluding carboxylic acids is 1. The Balaban J connectivity index is 1.32. The molecular formula is C20H17FN6O2. The van der Waals surface area contributed by atoms with Gasteiger partial charge in [-0.1, -0.05) is 17.3 Å². The van der Waals surface area contributed by atoms with Crippen LogP contribution >= 0.6 is 0 Å². The average Bonchev–Trinajstić information content (AvgIpc) is 3.30. The topological polar surface area (TPSA) is 98.2 Å². The number of hydrogen-bond donors (Lipinski definition) is 1. The summed E-state index contributed by atoms with van der Waals surface area (Å²) in [6.45, 7) is 0.190. The Labute approximate surface area is 164 Å². The van der Waals surface area contributed by atoms with Crippen LogP contribution in [0, 0.1) is 5.82 Å². The van der Waals surface area contributed by atoms with E-state index >= 15 is 0 Å². The largest absolute Gasteiger partial charge is 0.348 e. The Bertz CT molecular complexity index is 1200. The summed E-state index contributed by atoms with van der Waals surface area (Å²) in [7, 11) is 0. The first-order chi connectivity index (χ1) is 14.2. The van der Waals surface area contributed by atoms with Crippen LogP contribution in [0.15, 0.2) is 47.1 Å². The molecule has 5 rings (SSSR count). The van der Waals surface area contributed by atoms with Gasteiger partial charge in [-0.2, -0.15) is 4.98 Å². The van der Waals surface area contributed by atoms with Gasteiger partial charge in [0.2, 0.25) is 5.91 Å². The van der Waals surface area contributed by atoms with Gasteiger partial charge in [-0.3, -0.25) is 9.20 Å². The number of pyridine rings is 1. The lowest BCUT2D eigenvalue weighted by Crippen LogP contribution is -2.25. The van der Waals surface area contributed by atoms with Gasteiger partial charge in [0.25, 0.3) is 5.89 Å². The molecule has 1 fully saturated rings. The highest BCUT2D eigenvalue weighted by atomic mass is 19.1. The summed E-state index contributed by atoms with van der Waals surface area (Å²) < 4.78 is 20.4. The molecule has 0 atom stereocenters. The molecule has 0 bridgehead atoms. The third kappa shape index (κ3) is 3.58. The van der Waals surface area contributed by atoms with Crippen LogP contribution in [0.3, 0.4) is 0 Å². The number of benzene rings is 1. The van der Waals surface area contributed by atoms with Crippen LogP contribution in [0.25, 0.3) is 17.1 Å². The van der Waals surface area contributed by atoms with E-state index in [2.05, 4.69) is 25.7 Å². The minimum atomic E-state index is -0.364. The number of nitrogens with one attached hydrogen (secondary N) is 1. The fraction of sp³-hybridized carbons (Fsp3) is 0.250. The summed E-state index contributed by atoms with van der Waals surface area (Å²) in [6, 6.07) is 9.67. The molecule has 0 saturated heterocycles. The number of nitrogens with zero attached hydrogens (tertiary/aromatic N) is 5. The number of aromatic nitrogens is 5. The van der Waals surface area contributed by atoms with Gasteiger partial charge < -0.3 is 9.84 Å². The van der Waals surface area contributed by atoms with Gasteiger partial charge in [0.15, 0.2) is 17.3 Å². The fourth-order valence-corrected chi connectivity index (χ4v) is 3.18. The second kappa shape index (κ2) is 7.08. The van der Waals surface area contributed by atoms with Crippen molar-refractivity contribution in [2.45, 2.75) is 31.7 Å². The van der Waals surface area contributed by atoms with E-state index in [1.807, 2.05) is 18.3 Å². The summed E-state index contributed by atoms with van der Waals surface area (Å²) >= 11 is 0. The van der Waals surface area contributed by atoms with Crippen molar-refractivity contribution in [3.05, 3.63) is 65.6 Å². The molecule has 8 nitrogen and oxygen atoms in total. The highest BCUT2D eigenvalue weighted by Crippen LogP contribution is 2.39. The van der Waals surface area contributed by atoms with Crippen molar-refractivity contribution in [2.75, 3.05) is 0 Å². The molecule has 1 aliphatic carbocycles. The lowest BCUT2D eigenvalue weighted by molar-refractivity contribution is -0.120. The summed E-state index contributed by atoms with van der Waals surface area (Å²) in [4.78, 5) is 16.7. The molecule has 9 heteroatoms. The van der Waals surface area contributed by atoms with Gasteiger partial charge in [0.05, 0.1) is 18.5 Å². The van der Waals surface area contributed by atoms with Gasteiger partial charge in [-0.15, -0.1) is 10.2 Å². The number of fused-ring (bicyclic) bond motifs is 1. The SMILES string of the molecule is O=C(Cc1cccc(F)c1)NCc1nnc2c(-c3nc(C4CC4)no3)cccn12. The first kappa shape index (κ1) is 17.5. The fourth-order valence-electron chi connectivity index (χ4n) is 3.18. The summed E-state index contributed by atoms with van der Waals surface area (Å²) in [5.74, 6) is 1.51. The average molecular weight is 392 g/mol. The smallest absolute Gasteiger partial charge is 0.261 e. The molecule has 29 heavy (non-hydrogen) atoms. The molecule has 1 aromatic carbocycles. The van der Waals surface area contributed by atoms with Crippen molar-refractivity contribution >= 4 is 11.6 Å². The highest BCUT2D eigenvalue weighted by Gasteiger charge is 2.29. The number of rotatable bonds is 6. The zero-order valence-corrected chi connectivity index (χ0v) is 15.4. The molecule has 0 radical (unpaired) electrons. The van der Waals surface area contributed by atoms with E-state index in [0.717, 1.165) is 18.7 Å². The summed E-state index contributed by atoms with van der Waals surface area (Å²) in [5, 5.41) is 15.2. The molecule has 1 amide bonds. The van der Waals surface area contributed by atoms with Crippen molar-refractivity contribution in [3.8, 4) is 11.5 Å². The van der Waals surface area contributed by atoms with E-state index in [9.17, 15) is 9.18 Å². The van der Waals surface area contributed by atoms with Gasteiger partial charge in [-0.05, 0) is 42.7 Å². The third-order valence-corrected chi connectivity index (χ3v) is 4.82. The zero-order chi connectivity index (χ0) is 19.8. The standard InChI is InChI=1S/C20H17FN6O2/c21-14-4-1-3-12(9-14)10-17(28)22-11-16-24-25-19-15(5-2-8-27(16)19)20-23-18(26-29-20)13-6-7-13/h1-5,8-9,13H,6-7,10-11H2,(H,22,28). The first-order valence-corrected chi connectivity index (χ1v) is 9.35. The van der Waals surface area contributed by atoms with Crippen molar-refractivity contribution in [2.24, 2.45) is 0 Å². The van der Waals surface area contributed by atoms with Crippen LogP contribution in [0.2, 0.25) is 0 Å². The maximum absolute atomic E-state index is 13.3. The molecule has 1 aliphatic rings. The Morgan fingerprint density at radius 3 is 2.97 bits per heavy atom. The van der Waals surface area contributed by atoms with Crippen molar-refractivity contribution in [1.29, 1.82) is 0 Å². The number of halogens is 1. The van der Waals surface area contributed by atoms with Crippen LogP contribution in [-0.4, -0.2) is 30.6 Å². The summed E-state index contributed by atoms with van der Waals surface area (Å²) in [5.41, 5.74) is 1.88. The van der Waals surface area contributed by atoms with E-state index in [1.165, 1.54) is 12.1 Å². The van der Waals surface area contributed by atoms with Crippen LogP contribution in [0.4, 0.5) is 4.39 Å². The Morgan fingerprint density at radius 2 is 2.14 bits per heavy atom. The van der Waals surface area contributed by atoms with E-state index in [-0.39, 0.29) is 24.7 Å². The Hall–Kier alpha value is -3.62. The molecular weight excluding hydrogens is 375 g/mol. The van der Waals surface area contributed by atoms with E-state index < -0.39 is 0 Å². The molecule has 0 unspecified atom stereocenters. The van der Waals surface area contributed by atoms with Gasteiger partial charge >= 0.3 is 0 Å². The van der Waals surface area contributed by atoms with Crippen molar-refractivity contribution in [3.63, 3.8) is 0 Å². The second-order valence-electron chi connectivity index (χ2n) is 7.05. The second-order valence-corrected chi connectivity index (χ2v) is 7.05. The van der Waals surface area contributed by atoms with Crippen LogP contribution in [-0.2, 0) is 17.8 Å². The number of carbonyl (C=O) groups is 1. The van der Waals surface area contributed by atoms with Crippen LogP contribution < -0.4 is 5.32 Å². The number of hydrogen-bond acceptors (Lipinski definition) is 6. The van der Waals surface area contributed by atoms with Crippen molar-refractivity contribution < 1.29 is 13.7 Å². The molecule has 146 valence electrons. The zero-order valence-electron chi connectivity index (χ0n) is 15.4.